The Bertz CT molecular complexity index is 1010. The first-order valence-corrected chi connectivity index (χ1v) is 9.41. The highest BCUT2D eigenvalue weighted by atomic mass is 32.2. The van der Waals surface area contributed by atoms with E-state index in [1.807, 2.05) is 31.2 Å². The molecule has 3 aromatic rings. The van der Waals surface area contributed by atoms with E-state index in [1.165, 1.54) is 13.2 Å². The van der Waals surface area contributed by atoms with Gasteiger partial charge in [0.1, 0.15) is 5.75 Å². The SMILES string of the molecule is COc1ccc(S(=O)(=O)NCc2nc(-c3ccc(C)cc3)no2)cc1C. The molecule has 2 aromatic carbocycles. The van der Waals surface area contributed by atoms with Gasteiger partial charge in [-0.1, -0.05) is 35.0 Å². The maximum absolute atomic E-state index is 12.4. The first-order chi connectivity index (χ1) is 12.4. The highest BCUT2D eigenvalue weighted by molar-refractivity contribution is 7.89. The van der Waals surface area contributed by atoms with E-state index in [0.717, 1.165) is 16.7 Å². The normalized spacial score (nSPS) is 11.5. The van der Waals surface area contributed by atoms with Gasteiger partial charge in [0.25, 0.3) is 0 Å². The Kier molecular flexibility index (Phi) is 5.06. The quantitative estimate of drug-likeness (QED) is 0.714. The number of ether oxygens (including phenoxy) is 1. The maximum Gasteiger partial charge on any atom is 0.242 e. The zero-order valence-electron chi connectivity index (χ0n) is 14.7. The summed E-state index contributed by atoms with van der Waals surface area (Å²) in [5.41, 5.74) is 2.66. The fraction of sp³-hybridized carbons (Fsp3) is 0.222. The van der Waals surface area contributed by atoms with E-state index in [4.69, 9.17) is 9.26 Å². The van der Waals surface area contributed by atoms with Gasteiger partial charge in [0, 0.05) is 5.56 Å². The number of nitrogens with zero attached hydrogens (tertiary/aromatic N) is 2. The lowest BCUT2D eigenvalue weighted by molar-refractivity contribution is 0.376. The van der Waals surface area contributed by atoms with Crippen LogP contribution in [0.2, 0.25) is 0 Å². The van der Waals surface area contributed by atoms with Crippen molar-refractivity contribution in [3.8, 4) is 17.1 Å². The van der Waals surface area contributed by atoms with Crippen molar-refractivity contribution in [3.05, 3.63) is 59.5 Å². The second-order valence-corrected chi connectivity index (χ2v) is 7.60. The van der Waals surface area contributed by atoms with Crippen LogP contribution in [0.5, 0.6) is 5.75 Å². The summed E-state index contributed by atoms with van der Waals surface area (Å²) in [6.45, 7) is 3.68. The fourth-order valence-electron chi connectivity index (χ4n) is 2.40. The third-order valence-electron chi connectivity index (χ3n) is 3.87. The molecule has 0 bridgehead atoms. The lowest BCUT2D eigenvalue weighted by Crippen LogP contribution is -2.23. The van der Waals surface area contributed by atoms with E-state index < -0.39 is 10.0 Å². The standard InChI is InChI=1S/C18H19N3O4S/c1-12-4-6-14(7-5-12)18-20-17(25-21-18)11-19-26(22,23)15-8-9-16(24-3)13(2)10-15/h4-10,19H,11H2,1-3H3. The number of methoxy groups -OCH3 is 1. The van der Waals surface area contributed by atoms with Crippen LogP contribution in [-0.4, -0.2) is 25.7 Å². The van der Waals surface area contributed by atoms with E-state index in [1.54, 1.807) is 19.1 Å². The molecule has 3 rings (SSSR count). The van der Waals surface area contributed by atoms with Crippen molar-refractivity contribution in [1.29, 1.82) is 0 Å². The van der Waals surface area contributed by atoms with Crippen LogP contribution in [0, 0.1) is 13.8 Å². The number of aromatic nitrogens is 2. The molecule has 0 aliphatic heterocycles. The second-order valence-electron chi connectivity index (χ2n) is 5.83. The van der Waals surface area contributed by atoms with Crippen LogP contribution in [0.15, 0.2) is 51.9 Å². The van der Waals surface area contributed by atoms with Crippen LogP contribution in [0.1, 0.15) is 17.0 Å². The number of sulfonamides is 1. The predicted octanol–water partition coefficient (Wildman–Crippen LogP) is 2.84. The lowest BCUT2D eigenvalue weighted by atomic mass is 10.1. The molecule has 0 spiro atoms. The summed E-state index contributed by atoms with van der Waals surface area (Å²) in [5, 5.41) is 3.89. The minimum absolute atomic E-state index is 0.0910. The topological polar surface area (TPSA) is 94.3 Å². The van der Waals surface area contributed by atoms with E-state index in [9.17, 15) is 8.42 Å². The van der Waals surface area contributed by atoms with Crippen molar-refractivity contribution in [3.63, 3.8) is 0 Å². The lowest BCUT2D eigenvalue weighted by Gasteiger charge is -2.08. The first-order valence-electron chi connectivity index (χ1n) is 7.93. The van der Waals surface area contributed by atoms with Gasteiger partial charge in [-0.3, -0.25) is 0 Å². The Morgan fingerprint density at radius 2 is 1.85 bits per heavy atom. The van der Waals surface area contributed by atoms with Gasteiger partial charge >= 0.3 is 0 Å². The van der Waals surface area contributed by atoms with Crippen LogP contribution in [0.25, 0.3) is 11.4 Å². The molecule has 1 heterocycles. The first kappa shape index (κ1) is 18.1. The van der Waals surface area contributed by atoms with E-state index >= 15 is 0 Å². The molecule has 0 amide bonds. The molecule has 0 saturated heterocycles. The Labute approximate surface area is 152 Å². The van der Waals surface area contributed by atoms with E-state index in [2.05, 4.69) is 14.9 Å². The molecule has 8 heteroatoms. The van der Waals surface area contributed by atoms with Crippen molar-refractivity contribution in [2.75, 3.05) is 7.11 Å². The number of hydrogen-bond donors (Lipinski definition) is 1. The van der Waals surface area contributed by atoms with Crippen molar-refractivity contribution >= 4 is 10.0 Å². The van der Waals surface area contributed by atoms with Gasteiger partial charge < -0.3 is 9.26 Å². The molecule has 0 atom stereocenters. The molecule has 1 aromatic heterocycles. The molecule has 0 aliphatic carbocycles. The Balaban J connectivity index is 1.72. The fourth-order valence-corrected chi connectivity index (χ4v) is 3.46. The molecule has 26 heavy (non-hydrogen) atoms. The summed E-state index contributed by atoms with van der Waals surface area (Å²) < 4.78 is 37.6. The molecular formula is C18H19N3O4S. The highest BCUT2D eigenvalue weighted by Crippen LogP contribution is 2.21. The van der Waals surface area contributed by atoms with Gasteiger partial charge in [-0.15, -0.1) is 0 Å². The summed E-state index contributed by atoms with van der Waals surface area (Å²) >= 11 is 0. The molecule has 0 unspecified atom stereocenters. The van der Waals surface area contributed by atoms with Crippen LogP contribution in [0.3, 0.4) is 0 Å². The van der Waals surface area contributed by atoms with Gasteiger partial charge in [-0.05, 0) is 37.6 Å². The van der Waals surface area contributed by atoms with E-state index in [-0.39, 0.29) is 17.3 Å². The molecular weight excluding hydrogens is 354 g/mol. The number of aryl methyl sites for hydroxylation is 2. The minimum atomic E-state index is -3.70. The number of benzene rings is 2. The molecule has 1 N–H and O–H groups in total. The van der Waals surface area contributed by atoms with Gasteiger partial charge in [-0.2, -0.15) is 4.98 Å². The molecule has 7 nitrogen and oxygen atoms in total. The predicted molar refractivity (Wildman–Crippen MR) is 96.2 cm³/mol. The minimum Gasteiger partial charge on any atom is -0.496 e. The van der Waals surface area contributed by atoms with Crippen molar-refractivity contribution in [2.24, 2.45) is 0 Å². The highest BCUT2D eigenvalue weighted by Gasteiger charge is 2.17. The second kappa shape index (κ2) is 7.27. The van der Waals surface area contributed by atoms with Crippen molar-refractivity contribution in [2.45, 2.75) is 25.3 Å². The van der Waals surface area contributed by atoms with Crippen LogP contribution in [0.4, 0.5) is 0 Å². The van der Waals surface area contributed by atoms with Gasteiger partial charge in [0.2, 0.25) is 21.7 Å². The summed E-state index contributed by atoms with van der Waals surface area (Å²) in [5.74, 6) is 1.23. The molecule has 0 aliphatic rings. The third kappa shape index (κ3) is 3.92. The van der Waals surface area contributed by atoms with Gasteiger partial charge in [-0.25, -0.2) is 13.1 Å². The molecule has 0 fully saturated rings. The zero-order valence-corrected chi connectivity index (χ0v) is 15.5. The zero-order chi connectivity index (χ0) is 18.7. The van der Waals surface area contributed by atoms with Crippen molar-refractivity contribution < 1.29 is 17.7 Å². The van der Waals surface area contributed by atoms with Crippen LogP contribution >= 0.6 is 0 Å². The number of nitrogens with one attached hydrogen (secondary N) is 1. The average molecular weight is 373 g/mol. The number of rotatable bonds is 6. The largest absolute Gasteiger partial charge is 0.496 e. The average Bonchev–Trinajstić information content (AvgIpc) is 3.10. The Morgan fingerprint density at radius 3 is 2.50 bits per heavy atom. The van der Waals surface area contributed by atoms with Crippen molar-refractivity contribution in [1.82, 2.24) is 14.9 Å². The summed E-state index contributed by atoms with van der Waals surface area (Å²) in [6, 6.07) is 12.3. The Hall–Kier alpha value is -2.71. The van der Waals surface area contributed by atoms with E-state index in [0.29, 0.717) is 11.6 Å². The maximum atomic E-state index is 12.4. The smallest absolute Gasteiger partial charge is 0.242 e. The monoisotopic (exact) mass is 373 g/mol. The Morgan fingerprint density at radius 1 is 1.12 bits per heavy atom. The summed E-state index contributed by atoms with van der Waals surface area (Å²) in [7, 11) is -2.16. The summed E-state index contributed by atoms with van der Waals surface area (Å²) in [4.78, 5) is 4.37. The van der Waals surface area contributed by atoms with Crippen LogP contribution < -0.4 is 9.46 Å². The molecule has 0 saturated carbocycles. The van der Waals surface area contributed by atoms with Crippen LogP contribution in [-0.2, 0) is 16.6 Å². The summed E-state index contributed by atoms with van der Waals surface area (Å²) in [6.07, 6.45) is 0. The number of hydrogen-bond acceptors (Lipinski definition) is 6. The molecule has 136 valence electrons. The van der Waals surface area contributed by atoms with Gasteiger partial charge in [0.15, 0.2) is 0 Å². The van der Waals surface area contributed by atoms with Gasteiger partial charge in [0.05, 0.1) is 18.6 Å². The molecule has 0 radical (unpaired) electrons. The third-order valence-corrected chi connectivity index (χ3v) is 5.27.